The van der Waals surface area contributed by atoms with E-state index in [-0.39, 0.29) is 17.6 Å². The van der Waals surface area contributed by atoms with Crippen LogP contribution in [0.4, 0.5) is 4.79 Å². The average molecular weight is 329 g/mol. The Morgan fingerprint density at radius 1 is 1.42 bits per heavy atom. The maximum absolute atomic E-state index is 12.5. The number of nitrogens with zero attached hydrogens (tertiary/aromatic N) is 1. The summed E-state index contributed by atoms with van der Waals surface area (Å²) >= 11 is 0. The molecule has 0 radical (unpaired) electrons. The summed E-state index contributed by atoms with van der Waals surface area (Å²) in [5.74, 6) is 0.160. The number of rotatable bonds is 1. The quantitative estimate of drug-likeness (QED) is 0.769. The van der Waals surface area contributed by atoms with Crippen molar-refractivity contribution in [1.82, 2.24) is 4.90 Å². The van der Waals surface area contributed by atoms with Gasteiger partial charge in [0.2, 0.25) is 0 Å². The van der Waals surface area contributed by atoms with E-state index in [0.29, 0.717) is 19.7 Å². The molecule has 0 spiro atoms. The van der Waals surface area contributed by atoms with Crippen molar-refractivity contribution in [2.45, 2.75) is 58.3 Å². The number of carbonyl (C=O) groups excluding carboxylic acids is 1. The van der Waals surface area contributed by atoms with E-state index in [1.165, 1.54) is 11.1 Å². The maximum atomic E-state index is 12.5. The van der Waals surface area contributed by atoms with Gasteiger partial charge in [-0.2, -0.15) is 0 Å². The van der Waals surface area contributed by atoms with E-state index in [9.17, 15) is 4.79 Å². The number of carbonyl (C=O) groups is 1. The Kier molecular flexibility index (Phi) is 3.99. The molecule has 0 N–H and O–H groups in total. The molecule has 1 fully saturated rings. The van der Waals surface area contributed by atoms with Crippen molar-refractivity contribution in [3.05, 3.63) is 41.5 Å². The van der Waals surface area contributed by atoms with Gasteiger partial charge in [0, 0.05) is 12.5 Å². The number of allylic oxidation sites excluding steroid dienone is 1. The minimum atomic E-state index is -0.488. The average Bonchev–Trinajstić information content (AvgIpc) is 2.83. The van der Waals surface area contributed by atoms with Crippen LogP contribution in [0.5, 0.6) is 0 Å². The van der Waals surface area contributed by atoms with Crippen LogP contribution in [0.3, 0.4) is 0 Å². The van der Waals surface area contributed by atoms with Crippen LogP contribution in [0, 0.1) is 0 Å². The van der Waals surface area contributed by atoms with E-state index in [1.807, 2.05) is 27.7 Å². The standard InChI is InChI=1S/C20H27NO3/c1-13(2)14-8-7-9-15-16(14)11-23-20(6)12-21(10-17(15)20)18(22)24-19(3,4)5/h7-9,17H,1,10-12H2,2-6H3/t17-,20+/m1/s1. The normalized spacial score (nSPS) is 25.9. The predicted octanol–water partition coefficient (Wildman–Crippen LogP) is 4.34. The largest absolute Gasteiger partial charge is 0.444 e. The molecule has 1 amide bonds. The van der Waals surface area contributed by atoms with Crippen molar-refractivity contribution in [2.75, 3.05) is 13.1 Å². The zero-order valence-electron chi connectivity index (χ0n) is 15.3. The molecule has 0 unspecified atom stereocenters. The van der Waals surface area contributed by atoms with Crippen LogP contribution < -0.4 is 0 Å². The van der Waals surface area contributed by atoms with Crippen LogP contribution in [-0.4, -0.2) is 35.3 Å². The summed E-state index contributed by atoms with van der Waals surface area (Å²) in [7, 11) is 0. The van der Waals surface area contributed by atoms with Crippen LogP contribution in [0.2, 0.25) is 0 Å². The molecule has 1 aromatic rings. The van der Waals surface area contributed by atoms with E-state index in [4.69, 9.17) is 9.47 Å². The molecule has 0 aliphatic carbocycles. The number of fused-ring (bicyclic) bond motifs is 3. The van der Waals surface area contributed by atoms with Gasteiger partial charge >= 0.3 is 6.09 Å². The SMILES string of the molecule is C=C(C)c1cccc2c1CO[C@@]1(C)CN(C(=O)OC(C)(C)C)C[C@H]21. The number of hydrogen-bond donors (Lipinski definition) is 0. The topological polar surface area (TPSA) is 38.8 Å². The van der Waals surface area contributed by atoms with Crippen molar-refractivity contribution < 1.29 is 14.3 Å². The number of benzene rings is 1. The van der Waals surface area contributed by atoms with Crippen molar-refractivity contribution in [3.63, 3.8) is 0 Å². The Morgan fingerprint density at radius 2 is 2.12 bits per heavy atom. The molecule has 130 valence electrons. The fourth-order valence-corrected chi connectivity index (χ4v) is 3.74. The highest BCUT2D eigenvalue weighted by atomic mass is 16.6. The Bertz CT molecular complexity index is 689. The first kappa shape index (κ1) is 17.0. The minimum absolute atomic E-state index is 0.160. The first-order chi connectivity index (χ1) is 11.1. The van der Waals surface area contributed by atoms with Gasteiger partial charge < -0.3 is 14.4 Å². The summed E-state index contributed by atoms with van der Waals surface area (Å²) in [5.41, 5.74) is 3.83. The molecular formula is C20H27NO3. The molecular weight excluding hydrogens is 302 g/mol. The zero-order chi connectivity index (χ0) is 17.7. The monoisotopic (exact) mass is 329 g/mol. The van der Waals surface area contributed by atoms with E-state index >= 15 is 0 Å². The van der Waals surface area contributed by atoms with Crippen LogP contribution in [0.25, 0.3) is 5.57 Å². The van der Waals surface area contributed by atoms with Crippen molar-refractivity contribution >= 4 is 11.7 Å². The summed E-state index contributed by atoms with van der Waals surface area (Å²) < 4.78 is 11.8. The van der Waals surface area contributed by atoms with Crippen LogP contribution >= 0.6 is 0 Å². The van der Waals surface area contributed by atoms with Crippen molar-refractivity contribution in [2.24, 2.45) is 0 Å². The van der Waals surface area contributed by atoms with E-state index in [0.717, 1.165) is 11.1 Å². The van der Waals surface area contributed by atoms with Crippen molar-refractivity contribution in [1.29, 1.82) is 0 Å². The van der Waals surface area contributed by atoms with Gasteiger partial charge in [0.15, 0.2) is 0 Å². The highest BCUT2D eigenvalue weighted by Crippen LogP contribution is 2.45. The molecule has 3 rings (SSSR count). The van der Waals surface area contributed by atoms with E-state index in [2.05, 4.69) is 31.7 Å². The van der Waals surface area contributed by atoms with Crippen LogP contribution in [0.15, 0.2) is 24.8 Å². The fraction of sp³-hybridized carbons (Fsp3) is 0.550. The molecule has 2 heterocycles. The second-order valence-electron chi connectivity index (χ2n) is 8.17. The molecule has 4 nitrogen and oxygen atoms in total. The number of ether oxygens (including phenoxy) is 2. The maximum Gasteiger partial charge on any atom is 0.410 e. The van der Waals surface area contributed by atoms with Gasteiger partial charge in [-0.25, -0.2) is 4.79 Å². The first-order valence-corrected chi connectivity index (χ1v) is 8.50. The molecule has 1 saturated heterocycles. The summed E-state index contributed by atoms with van der Waals surface area (Å²) in [6, 6.07) is 6.32. The Labute approximate surface area is 144 Å². The van der Waals surface area contributed by atoms with Gasteiger partial charge in [0.25, 0.3) is 0 Å². The number of amides is 1. The second kappa shape index (κ2) is 5.62. The van der Waals surface area contributed by atoms with Crippen LogP contribution in [-0.2, 0) is 16.1 Å². The summed E-state index contributed by atoms with van der Waals surface area (Å²) in [4.78, 5) is 14.2. The summed E-state index contributed by atoms with van der Waals surface area (Å²) in [5, 5.41) is 0. The lowest BCUT2D eigenvalue weighted by molar-refractivity contribution is -0.0576. The van der Waals surface area contributed by atoms with Gasteiger partial charge in [-0.05, 0) is 51.3 Å². The first-order valence-electron chi connectivity index (χ1n) is 8.50. The van der Waals surface area contributed by atoms with Gasteiger partial charge in [-0.3, -0.25) is 0 Å². The molecule has 24 heavy (non-hydrogen) atoms. The number of hydrogen-bond acceptors (Lipinski definition) is 3. The van der Waals surface area contributed by atoms with Crippen LogP contribution in [0.1, 0.15) is 57.2 Å². The second-order valence-corrected chi connectivity index (χ2v) is 8.17. The lowest BCUT2D eigenvalue weighted by Crippen LogP contribution is -2.41. The van der Waals surface area contributed by atoms with Gasteiger partial charge in [-0.15, -0.1) is 0 Å². The Hall–Kier alpha value is -1.81. The molecule has 1 aromatic carbocycles. The van der Waals surface area contributed by atoms with E-state index in [1.54, 1.807) is 4.90 Å². The highest BCUT2D eigenvalue weighted by molar-refractivity contribution is 5.70. The lowest BCUT2D eigenvalue weighted by atomic mass is 9.79. The van der Waals surface area contributed by atoms with Gasteiger partial charge in [0.1, 0.15) is 5.60 Å². The third-order valence-corrected chi connectivity index (χ3v) is 4.89. The molecule has 2 atom stereocenters. The molecule has 4 heteroatoms. The van der Waals surface area contributed by atoms with E-state index < -0.39 is 5.60 Å². The molecule has 0 bridgehead atoms. The Morgan fingerprint density at radius 3 is 2.75 bits per heavy atom. The third kappa shape index (κ3) is 2.95. The molecule has 2 aliphatic heterocycles. The number of likely N-dealkylation sites (tertiary alicyclic amines) is 1. The smallest absolute Gasteiger partial charge is 0.410 e. The van der Waals surface area contributed by atoms with Gasteiger partial charge in [-0.1, -0.05) is 30.4 Å². The molecule has 0 aromatic heterocycles. The molecule has 2 aliphatic rings. The lowest BCUT2D eigenvalue weighted by Gasteiger charge is -2.37. The van der Waals surface area contributed by atoms with Crippen molar-refractivity contribution in [3.8, 4) is 0 Å². The highest BCUT2D eigenvalue weighted by Gasteiger charge is 2.50. The minimum Gasteiger partial charge on any atom is -0.444 e. The fourth-order valence-electron chi connectivity index (χ4n) is 3.74. The van der Waals surface area contributed by atoms with Gasteiger partial charge in [0.05, 0.1) is 18.8 Å². The zero-order valence-corrected chi connectivity index (χ0v) is 15.3. The third-order valence-electron chi connectivity index (χ3n) is 4.89. The predicted molar refractivity (Wildman–Crippen MR) is 94.9 cm³/mol. The summed E-state index contributed by atoms with van der Waals surface area (Å²) in [6.07, 6.45) is -0.265. The molecule has 0 saturated carbocycles. The summed E-state index contributed by atoms with van der Waals surface area (Å²) in [6.45, 7) is 15.6. The Balaban J connectivity index is 1.90.